The number of nitrogens with zero attached hydrogens (tertiary/aromatic N) is 1. The van der Waals surface area contributed by atoms with Gasteiger partial charge in [0.05, 0.1) is 0 Å². The molecule has 0 amide bonds. The molecule has 0 radical (unpaired) electrons. The first-order valence-electron chi connectivity index (χ1n) is 6.56. The highest BCUT2D eigenvalue weighted by molar-refractivity contribution is 4.74. The second-order valence-corrected chi connectivity index (χ2v) is 5.55. The van der Waals surface area contributed by atoms with Crippen LogP contribution in [0.15, 0.2) is 0 Å². The van der Waals surface area contributed by atoms with Crippen molar-refractivity contribution in [2.45, 2.75) is 40.0 Å². The summed E-state index contributed by atoms with van der Waals surface area (Å²) in [6.07, 6.45) is 4.06. The molecular formula is C13H28N2. The van der Waals surface area contributed by atoms with Crippen LogP contribution in [-0.2, 0) is 0 Å². The van der Waals surface area contributed by atoms with Crippen LogP contribution in [0.5, 0.6) is 0 Å². The third-order valence-corrected chi connectivity index (χ3v) is 3.92. The largest absolute Gasteiger partial charge is 0.330 e. The van der Waals surface area contributed by atoms with Gasteiger partial charge in [0.15, 0.2) is 0 Å². The zero-order chi connectivity index (χ0) is 11.3. The summed E-state index contributed by atoms with van der Waals surface area (Å²) < 4.78 is 0. The first-order chi connectivity index (χ1) is 7.13. The van der Waals surface area contributed by atoms with Crippen LogP contribution in [-0.4, -0.2) is 31.1 Å². The van der Waals surface area contributed by atoms with Gasteiger partial charge in [-0.25, -0.2) is 0 Å². The molecule has 0 spiro atoms. The van der Waals surface area contributed by atoms with Crippen molar-refractivity contribution in [2.24, 2.45) is 23.5 Å². The summed E-state index contributed by atoms with van der Waals surface area (Å²) in [7, 11) is 0. The summed E-state index contributed by atoms with van der Waals surface area (Å²) in [6.45, 7) is 11.7. The first-order valence-corrected chi connectivity index (χ1v) is 6.56. The Balaban J connectivity index is 2.14. The predicted octanol–water partition coefficient (Wildman–Crippen LogP) is 2.34. The summed E-state index contributed by atoms with van der Waals surface area (Å²) in [5.74, 6) is 2.52. The minimum absolute atomic E-state index is 0.688. The molecule has 0 aromatic carbocycles. The van der Waals surface area contributed by atoms with Crippen molar-refractivity contribution in [1.29, 1.82) is 0 Å². The van der Waals surface area contributed by atoms with E-state index in [1.54, 1.807) is 0 Å². The van der Waals surface area contributed by atoms with Crippen molar-refractivity contribution in [3.05, 3.63) is 0 Å². The molecule has 2 nitrogen and oxygen atoms in total. The first kappa shape index (κ1) is 13.0. The Hall–Kier alpha value is -0.0800. The molecule has 1 saturated heterocycles. The van der Waals surface area contributed by atoms with Crippen molar-refractivity contribution >= 4 is 0 Å². The highest BCUT2D eigenvalue weighted by atomic mass is 15.1. The van der Waals surface area contributed by atoms with E-state index in [1.165, 1.54) is 38.9 Å². The van der Waals surface area contributed by atoms with Crippen LogP contribution in [0.2, 0.25) is 0 Å². The zero-order valence-electron chi connectivity index (χ0n) is 10.7. The Bertz CT molecular complexity index is 160. The number of nitrogens with two attached hydrogens (primary N) is 1. The van der Waals surface area contributed by atoms with Gasteiger partial charge in [-0.05, 0) is 63.2 Å². The molecule has 0 saturated carbocycles. The minimum Gasteiger partial charge on any atom is -0.330 e. The maximum Gasteiger partial charge on any atom is -0.00157 e. The molecule has 1 unspecified atom stereocenters. The van der Waals surface area contributed by atoms with Crippen LogP contribution < -0.4 is 5.73 Å². The molecular weight excluding hydrogens is 184 g/mol. The molecule has 0 aliphatic carbocycles. The van der Waals surface area contributed by atoms with Crippen LogP contribution in [0.25, 0.3) is 0 Å². The third-order valence-electron chi connectivity index (χ3n) is 3.92. The molecule has 1 rings (SSSR count). The number of rotatable bonds is 5. The second-order valence-electron chi connectivity index (χ2n) is 5.55. The average Bonchev–Trinajstić information content (AvgIpc) is 2.26. The lowest BCUT2D eigenvalue weighted by Crippen LogP contribution is -2.36. The summed E-state index contributed by atoms with van der Waals surface area (Å²) >= 11 is 0. The zero-order valence-corrected chi connectivity index (χ0v) is 10.7. The van der Waals surface area contributed by atoms with Crippen LogP contribution in [0.4, 0.5) is 0 Å². The summed E-state index contributed by atoms with van der Waals surface area (Å²) in [5.41, 5.74) is 5.63. The highest BCUT2D eigenvalue weighted by Crippen LogP contribution is 2.24. The Morgan fingerprint density at radius 3 is 2.27 bits per heavy atom. The molecule has 1 fully saturated rings. The summed E-state index contributed by atoms with van der Waals surface area (Å²) in [5, 5.41) is 0. The van der Waals surface area contributed by atoms with E-state index in [4.69, 9.17) is 5.73 Å². The molecule has 2 N–H and O–H groups in total. The van der Waals surface area contributed by atoms with E-state index in [9.17, 15) is 0 Å². The smallest absolute Gasteiger partial charge is 0.00157 e. The van der Waals surface area contributed by atoms with E-state index in [-0.39, 0.29) is 0 Å². The lowest BCUT2D eigenvalue weighted by molar-refractivity contribution is 0.151. The molecule has 0 aromatic heterocycles. The van der Waals surface area contributed by atoms with E-state index in [0.717, 1.165) is 18.4 Å². The lowest BCUT2D eigenvalue weighted by Gasteiger charge is -2.34. The van der Waals surface area contributed by atoms with Crippen molar-refractivity contribution in [3.8, 4) is 0 Å². The maximum absolute atomic E-state index is 5.63. The quantitative estimate of drug-likeness (QED) is 0.758. The van der Waals surface area contributed by atoms with Gasteiger partial charge in [0.25, 0.3) is 0 Å². The number of hydrogen-bond donors (Lipinski definition) is 1. The van der Waals surface area contributed by atoms with E-state index < -0.39 is 0 Å². The Kier molecular flexibility index (Phi) is 5.62. The van der Waals surface area contributed by atoms with Gasteiger partial charge >= 0.3 is 0 Å². The molecule has 2 heteroatoms. The molecule has 1 aliphatic rings. The van der Waals surface area contributed by atoms with Crippen molar-refractivity contribution in [3.63, 3.8) is 0 Å². The molecule has 15 heavy (non-hydrogen) atoms. The van der Waals surface area contributed by atoms with Crippen LogP contribution >= 0.6 is 0 Å². The fraction of sp³-hybridized carbons (Fsp3) is 1.00. The molecule has 0 bridgehead atoms. The average molecular weight is 212 g/mol. The van der Waals surface area contributed by atoms with Gasteiger partial charge < -0.3 is 10.6 Å². The second kappa shape index (κ2) is 6.49. The van der Waals surface area contributed by atoms with E-state index in [2.05, 4.69) is 25.7 Å². The van der Waals surface area contributed by atoms with E-state index in [0.29, 0.717) is 5.92 Å². The predicted molar refractivity (Wildman–Crippen MR) is 66.8 cm³/mol. The maximum atomic E-state index is 5.63. The van der Waals surface area contributed by atoms with Gasteiger partial charge in [-0.1, -0.05) is 20.8 Å². The minimum atomic E-state index is 0.688. The van der Waals surface area contributed by atoms with E-state index >= 15 is 0 Å². The number of piperidine rings is 1. The van der Waals surface area contributed by atoms with Gasteiger partial charge in [0, 0.05) is 0 Å². The van der Waals surface area contributed by atoms with Crippen molar-refractivity contribution in [1.82, 2.24) is 4.90 Å². The standard InChI is InChI=1S/C13H28N2/c1-11(2)13-5-8-15(9-6-13)7-4-12(3)10-14/h11-13H,4-10,14H2,1-3H3. The SMILES string of the molecule is CC(CN)CCN1CCC(C(C)C)CC1. The van der Waals surface area contributed by atoms with E-state index in [1.807, 2.05) is 0 Å². The topological polar surface area (TPSA) is 29.3 Å². The van der Waals surface area contributed by atoms with Crippen LogP contribution in [0.1, 0.15) is 40.0 Å². The monoisotopic (exact) mass is 212 g/mol. The van der Waals surface area contributed by atoms with Crippen LogP contribution in [0, 0.1) is 17.8 Å². The van der Waals surface area contributed by atoms with Gasteiger partial charge in [0.1, 0.15) is 0 Å². The van der Waals surface area contributed by atoms with Crippen LogP contribution in [0.3, 0.4) is 0 Å². The fourth-order valence-corrected chi connectivity index (χ4v) is 2.36. The molecule has 0 aromatic rings. The lowest BCUT2D eigenvalue weighted by atomic mass is 9.86. The third kappa shape index (κ3) is 4.52. The summed E-state index contributed by atoms with van der Waals surface area (Å²) in [6, 6.07) is 0. The van der Waals surface area contributed by atoms with Gasteiger partial charge in [-0.3, -0.25) is 0 Å². The molecule has 90 valence electrons. The Morgan fingerprint density at radius 2 is 1.80 bits per heavy atom. The fourth-order valence-electron chi connectivity index (χ4n) is 2.36. The Morgan fingerprint density at radius 1 is 1.20 bits per heavy atom. The Labute approximate surface area is 95.2 Å². The van der Waals surface area contributed by atoms with Gasteiger partial charge in [-0.15, -0.1) is 0 Å². The highest BCUT2D eigenvalue weighted by Gasteiger charge is 2.21. The number of hydrogen-bond acceptors (Lipinski definition) is 2. The molecule has 1 aliphatic heterocycles. The van der Waals surface area contributed by atoms with Gasteiger partial charge in [0.2, 0.25) is 0 Å². The summed E-state index contributed by atoms with van der Waals surface area (Å²) in [4.78, 5) is 2.62. The van der Waals surface area contributed by atoms with Crippen molar-refractivity contribution in [2.75, 3.05) is 26.2 Å². The molecule has 1 heterocycles. The molecule has 1 atom stereocenters. The van der Waals surface area contributed by atoms with Gasteiger partial charge in [-0.2, -0.15) is 0 Å². The normalized spacial score (nSPS) is 22.2. The van der Waals surface area contributed by atoms with Crippen molar-refractivity contribution < 1.29 is 0 Å². The number of likely N-dealkylation sites (tertiary alicyclic amines) is 1.